The molecular weight excluding hydrogens is 416 g/mol. The summed E-state index contributed by atoms with van der Waals surface area (Å²) < 4.78 is 11.3. The third kappa shape index (κ3) is 6.58. The average Bonchev–Trinajstić information content (AvgIpc) is 2.85. The van der Waals surface area contributed by atoms with E-state index in [0.717, 1.165) is 48.8 Å². The van der Waals surface area contributed by atoms with Crippen molar-refractivity contribution in [1.82, 2.24) is 9.97 Å². The average molecular weight is 449 g/mol. The van der Waals surface area contributed by atoms with Gasteiger partial charge in [0.15, 0.2) is 0 Å². The van der Waals surface area contributed by atoms with E-state index in [4.69, 9.17) is 19.4 Å². The Kier molecular flexibility index (Phi) is 7.98. The summed E-state index contributed by atoms with van der Waals surface area (Å²) in [4.78, 5) is 11.6. The fraction of sp³-hybridized carbons (Fsp3) is 0.385. The maximum absolute atomic E-state index is 9.93. The van der Waals surface area contributed by atoms with Gasteiger partial charge in [0, 0.05) is 30.4 Å². The van der Waals surface area contributed by atoms with Crippen LogP contribution >= 0.6 is 0 Å². The molecule has 4 rings (SSSR count). The second-order valence-corrected chi connectivity index (χ2v) is 8.15. The van der Waals surface area contributed by atoms with Gasteiger partial charge in [-0.05, 0) is 42.8 Å². The SMILES string of the molecule is CCCCCCOc1ccc(Nc2cc(-c3cccc(O)c3)nc(N3CCOCC3)n2)cc1. The van der Waals surface area contributed by atoms with E-state index in [0.29, 0.717) is 25.0 Å². The summed E-state index contributed by atoms with van der Waals surface area (Å²) in [6.45, 7) is 5.75. The smallest absolute Gasteiger partial charge is 0.228 e. The van der Waals surface area contributed by atoms with Crippen LogP contribution in [-0.4, -0.2) is 48.0 Å². The van der Waals surface area contributed by atoms with Crippen molar-refractivity contribution in [2.75, 3.05) is 43.1 Å². The molecular formula is C26H32N4O3. The van der Waals surface area contributed by atoms with Crippen LogP contribution < -0.4 is 15.0 Å². The number of morpholine rings is 1. The van der Waals surface area contributed by atoms with E-state index in [1.165, 1.54) is 19.3 Å². The predicted octanol–water partition coefficient (Wildman–Crippen LogP) is 5.39. The van der Waals surface area contributed by atoms with Gasteiger partial charge in [-0.25, -0.2) is 4.98 Å². The molecule has 7 nitrogen and oxygen atoms in total. The van der Waals surface area contributed by atoms with Crippen molar-refractivity contribution in [3.05, 3.63) is 54.6 Å². The summed E-state index contributed by atoms with van der Waals surface area (Å²) >= 11 is 0. The van der Waals surface area contributed by atoms with Crippen molar-refractivity contribution in [2.24, 2.45) is 0 Å². The number of phenolic OH excluding ortho intramolecular Hbond substituents is 1. The van der Waals surface area contributed by atoms with E-state index in [2.05, 4.69) is 17.1 Å². The van der Waals surface area contributed by atoms with Gasteiger partial charge in [0.2, 0.25) is 5.95 Å². The van der Waals surface area contributed by atoms with Gasteiger partial charge in [-0.1, -0.05) is 38.3 Å². The zero-order valence-electron chi connectivity index (χ0n) is 19.2. The summed E-state index contributed by atoms with van der Waals surface area (Å²) in [5.74, 6) is 2.42. The lowest BCUT2D eigenvalue weighted by Crippen LogP contribution is -2.37. The molecule has 0 amide bonds. The van der Waals surface area contributed by atoms with Crippen molar-refractivity contribution >= 4 is 17.5 Å². The highest BCUT2D eigenvalue weighted by Gasteiger charge is 2.17. The Morgan fingerprint density at radius 1 is 1.00 bits per heavy atom. The first kappa shape index (κ1) is 22.9. The number of anilines is 3. The second-order valence-electron chi connectivity index (χ2n) is 8.15. The molecule has 33 heavy (non-hydrogen) atoms. The molecule has 1 fully saturated rings. The summed E-state index contributed by atoms with van der Waals surface area (Å²) in [7, 11) is 0. The van der Waals surface area contributed by atoms with Gasteiger partial charge in [-0.15, -0.1) is 0 Å². The third-order valence-corrected chi connectivity index (χ3v) is 5.54. The number of hydrogen-bond acceptors (Lipinski definition) is 7. The first-order chi connectivity index (χ1) is 16.2. The Bertz CT molecular complexity index is 1020. The van der Waals surface area contributed by atoms with Crippen LogP contribution in [0.25, 0.3) is 11.3 Å². The zero-order chi connectivity index (χ0) is 22.9. The molecule has 1 aliphatic heterocycles. The minimum Gasteiger partial charge on any atom is -0.508 e. The number of nitrogens with one attached hydrogen (secondary N) is 1. The van der Waals surface area contributed by atoms with Crippen LogP contribution in [0.2, 0.25) is 0 Å². The number of rotatable bonds is 10. The van der Waals surface area contributed by atoms with Crippen LogP contribution in [0.15, 0.2) is 54.6 Å². The molecule has 0 spiro atoms. The molecule has 2 aromatic carbocycles. The Morgan fingerprint density at radius 3 is 2.58 bits per heavy atom. The van der Waals surface area contributed by atoms with Crippen molar-refractivity contribution in [2.45, 2.75) is 32.6 Å². The van der Waals surface area contributed by atoms with Gasteiger partial charge >= 0.3 is 0 Å². The largest absolute Gasteiger partial charge is 0.508 e. The standard InChI is InChI=1S/C26H32N4O3/c1-2-3-4-5-15-33-23-11-9-21(10-12-23)27-25-19-24(20-7-6-8-22(31)18-20)28-26(29-25)30-13-16-32-17-14-30/h6-12,18-19,31H,2-5,13-17H2,1H3,(H,27,28,29). The van der Waals surface area contributed by atoms with Gasteiger partial charge < -0.3 is 24.8 Å². The lowest BCUT2D eigenvalue weighted by Gasteiger charge is -2.27. The van der Waals surface area contributed by atoms with Crippen LogP contribution in [-0.2, 0) is 4.74 Å². The summed E-state index contributed by atoms with van der Waals surface area (Å²) in [5, 5.41) is 13.3. The van der Waals surface area contributed by atoms with Crippen LogP contribution in [0.3, 0.4) is 0 Å². The van der Waals surface area contributed by atoms with Gasteiger partial charge in [-0.3, -0.25) is 0 Å². The van der Waals surface area contributed by atoms with E-state index in [1.54, 1.807) is 12.1 Å². The summed E-state index contributed by atoms with van der Waals surface area (Å²) in [6.07, 6.45) is 4.76. The number of nitrogens with zero attached hydrogens (tertiary/aromatic N) is 3. The lowest BCUT2D eigenvalue weighted by molar-refractivity contribution is 0.122. The Morgan fingerprint density at radius 2 is 1.82 bits per heavy atom. The predicted molar refractivity (Wildman–Crippen MR) is 132 cm³/mol. The first-order valence-corrected chi connectivity index (χ1v) is 11.7. The minimum absolute atomic E-state index is 0.207. The van der Waals surface area contributed by atoms with E-state index in [1.807, 2.05) is 42.5 Å². The molecule has 1 aromatic heterocycles. The molecule has 0 bridgehead atoms. The number of benzene rings is 2. The highest BCUT2D eigenvalue weighted by Crippen LogP contribution is 2.28. The van der Waals surface area contributed by atoms with E-state index in [-0.39, 0.29) is 5.75 Å². The van der Waals surface area contributed by atoms with Crippen molar-refractivity contribution < 1.29 is 14.6 Å². The molecule has 0 unspecified atom stereocenters. The summed E-state index contributed by atoms with van der Waals surface area (Å²) in [5.41, 5.74) is 2.50. The second kappa shape index (κ2) is 11.5. The molecule has 0 radical (unpaired) electrons. The monoisotopic (exact) mass is 448 g/mol. The highest BCUT2D eigenvalue weighted by molar-refractivity contribution is 5.68. The fourth-order valence-electron chi connectivity index (χ4n) is 3.72. The Balaban J connectivity index is 1.50. The van der Waals surface area contributed by atoms with Gasteiger partial charge in [0.1, 0.15) is 17.3 Å². The van der Waals surface area contributed by atoms with Crippen molar-refractivity contribution in [1.29, 1.82) is 0 Å². The summed E-state index contributed by atoms with van der Waals surface area (Å²) in [6, 6.07) is 16.9. The fourth-order valence-corrected chi connectivity index (χ4v) is 3.72. The quantitative estimate of drug-likeness (QED) is 0.403. The van der Waals surface area contributed by atoms with Crippen LogP contribution in [0.4, 0.5) is 17.5 Å². The number of ether oxygens (including phenoxy) is 2. The Labute approximate surface area is 195 Å². The van der Waals surface area contributed by atoms with E-state index >= 15 is 0 Å². The topological polar surface area (TPSA) is 79.7 Å². The Hall–Kier alpha value is -3.32. The van der Waals surface area contributed by atoms with Gasteiger partial charge in [0.25, 0.3) is 0 Å². The molecule has 0 aliphatic carbocycles. The van der Waals surface area contributed by atoms with Crippen molar-refractivity contribution in [3.63, 3.8) is 0 Å². The molecule has 2 heterocycles. The number of aromatic nitrogens is 2. The molecule has 0 saturated carbocycles. The maximum atomic E-state index is 9.93. The first-order valence-electron chi connectivity index (χ1n) is 11.7. The van der Waals surface area contributed by atoms with Gasteiger partial charge in [-0.2, -0.15) is 4.98 Å². The molecule has 0 atom stereocenters. The van der Waals surface area contributed by atoms with Gasteiger partial charge in [0.05, 0.1) is 25.5 Å². The van der Waals surface area contributed by atoms with E-state index in [9.17, 15) is 5.11 Å². The molecule has 1 saturated heterocycles. The normalized spacial score (nSPS) is 13.7. The molecule has 3 aromatic rings. The number of hydrogen-bond donors (Lipinski definition) is 2. The highest BCUT2D eigenvalue weighted by atomic mass is 16.5. The third-order valence-electron chi connectivity index (χ3n) is 5.54. The molecule has 174 valence electrons. The molecule has 2 N–H and O–H groups in total. The minimum atomic E-state index is 0.207. The number of aromatic hydroxyl groups is 1. The zero-order valence-corrected chi connectivity index (χ0v) is 19.2. The molecule has 7 heteroatoms. The lowest BCUT2D eigenvalue weighted by atomic mass is 10.1. The number of unbranched alkanes of at least 4 members (excludes halogenated alkanes) is 3. The van der Waals surface area contributed by atoms with Crippen LogP contribution in [0.1, 0.15) is 32.6 Å². The van der Waals surface area contributed by atoms with Crippen LogP contribution in [0, 0.1) is 0 Å². The van der Waals surface area contributed by atoms with Crippen LogP contribution in [0.5, 0.6) is 11.5 Å². The maximum Gasteiger partial charge on any atom is 0.228 e. The van der Waals surface area contributed by atoms with E-state index < -0.39 is 0 Å². The van der Waals surface area contributed by atoms with Crippen molar-refractivity contribution in [3.8, 4) is 22.8 Å². The number of phenols is 1. The molecule has 1 aliphatic rings.